The summed E-state index contributed by atoms with van der Waals surface area (Å²) in [5.74, 6) is 0. The highest BCUT2D eigenvalue weighted by molar-refractivity contribution is 7.57. The zero-order valence-corrected chi connectivity index (χ0v) is 27.6. The van der Waals surface area contributed by atoms with Crippen LogP contribution in [0.5, 0.6) is 0 Å². The molecule has 3 nitrogen and oxygen atoms in total. The fourth-order valence-corrected chi connectivity index (χ4v) is 8.25. The molecule has 0 radical (unpaired) electrons. The lowest BCUT2D eigenvalue weighted by Crippen LogP contribution is -2.33. The Bertz CT molecular complexity index is 1510. The zero-order chi connectivity index (χ0) is 31.2. The Labute approximate surface area is 276 Å². The second kappa shape index (κ2) is 16.7. The quantitative estimate of drug-likeness (QED) is 0.0848. The van der Waals surface area contributed by atoms with Crippen molar-refractivity contribution in [1.29, 1.82) is 0 Å². The van der Waals surface area contributed by atoms with E-state index in [1.165, 1.54) is 51.9 Å². The number of hydrogen-bond acceptors (Lipinski definition) is 0. The van der Waals surface area contributed by atoms with Crippen LogP contribution in [0, 0.1) is 0 Å². The molecule has 0 aliphatic heterocycles. The maximum absolute atomic E-state index is 2.32. The minimum Gasteiger partial charge on any atom is -0.201 e. The van der Waals surface area contributed by atoms with Crippen LogP contribution < -0.4 is 13.7 Å². The van der Waals surface area contributed by atoms with Crippen LogP contribution in [0.25, 0.3) is 0 Å². The molecule has 0 bridgehead atoms. The highest BCUT2D eigenvalue weighted by Crippen LogP contribution is 2.37. The lowest BCUT2D eigenvalue weighted by molar-refractivity contribution is -0.688. The first-order valence-electron chi connectivity index (χ1n) is 16.5. The normalized spacial score (nSPS) is 11.2. The first-order valence-corrected chi connectivity index (χ1v) is 18.4. The first kappa shape index (κ1) is 31.5. The van der Waals surface area contributed by atoms with Crippen molar-refractivity contribution in [2.24, 2.45) is 0 Å². The van der Waals surface area contributed by atoms with Gasteiger partial charge in [-0.1, -0.05) is 91.0 Å². The summed E-state index contributed by atoms with van der Waals surface area (Å²) < 4.78 is 6.84. The maximum atomic E-state index is 2.32. The van der Waals surface area contributed by atoms with Crippen molar-refractivity contribution in [3.05, 3.63) is 198 Å². The average Bonchev–Trinajstić information content (AvgIpc) is 3.11. The summed E-state index contributed by atoms with van der Waals surface area (Å²) in [6.07, 6.45) is 20.7. The first-order chi connectivity index (χ1) is 22.7. The fraction of sp³-hybridized carbons (Fsp3) is 0.214. The summed E-state index contributed by atoms with van der Waals surface area (Å²) in [6.45, 7) is 2.75. The monoisotopic (exact) mass is 622 g/mol. The molecule has 0 saturated carbocycles. The van der Waals surface area contributed by atoms with Crippen molar-refractivity contribution in [1.82, 2.24) is 0 Å². The Morgan fingerprint density at radius 1 is 0.304 bits per heavy atom. The van der Waals surface area contributed by atoms with Crippen molar-refractivity contribution in [3.8, 4) is 0 Å². The summed E-state index contributed by atoms with van der Waals surface area (Å²) in [4.78, 5) is 0. The Kier molecular flexibility index (Phi) is 11.5. The highest BCUT2D eigenvalue weighted by atomic mass is 31.1. The summed E-state index contributed by atoms with van der Waals surface area (Å²) in [5, 5.41) is 0. The Morgan fingerprint density at radius 3 is 0.826 bits per heavy atom. The van der Waals surface area contributed by atoms with Gasteiger partial charge in [-0.05, 0) is 54.4 Å². The van der Waals surface area contributed by atoms with Gasteiger partial charge < -0.3 is 0 Å². The van der Waals surface area contributed by atoms with Crippen LogP contribution in [0.4, 0.5) is 0 Å². The van der Waals surface area contributed by atoms with Gasteiger partial charge in [-0.15, -0.1) is 7.92 Å². The van der Waals surface area contributed by atoms with Gasteiger partial charge in [0.1, 0.15) is 0 Å². The molecule has 0 atom stereocenters. The number of rotatable bonds is 15. The van der Waals surface area contributed by atoms with E-state index in [2.05, 4.69) is 178 Å². The fourth-order valence-electron chi connectivity index (χ4n) is 5.86. The second-order valence-electron chi connectivity index (χ2n) is 12.2. The molecule has 0 N–H and O–H groups in total. The van der Waals surface area contributed by atoms with Gasteiger partial charge in [0.2, 0.25) is 0 Å². The number of benzene rings is 3. The number of pyridine rings is 3. The van der Waals surface area contributed by atoms with Gasteiger partial charge >= 0.3 is 0 Å². The minimum atomic E-state index is -0.0944. The molecule has 3 aromatic carbocycles. The molecule has 6 rings (SSSR count). The number of aryl methyl sites for hydroxylation is 3. The van der Waals surface area contributed by atoms with Gasteiger partial charge in [-0.25, -0.2) is 13.7 Å². The summed E-state index contributed by atoms with van der Waals surface area (Å²) >= 11 is 0. The second-order valence-corrected chi connectivity index (χ2v) is 14.9. The van der Waals surface area contributed by atoms with Crippen molar-refractivity contribution < 1.29 is 13.7 Å². The smallest absolute Gasteiger partial charge is 0.173 e. The molecular weight excluding hydrogens is 577 g/mol. The topological polar surface area (TPSA) is 11.6 Å². The molecule has 0 saturated heterocycles. The lowest BCUT2D eigenvalue weighted by atomic mass is 10.2. The van der Waals surface area contributed by atoms with Gasteiger partial charge in [0, 0.05) is 53.1 Å². The Balaban J connectivity index is 1.06. The van der Waals surface area contributed by atoms with E-state index in [1.54, 1.807) is 0 Å². The number of nitrogens with zero attached hydrogens (tertiary/aromatic N) is 3. The molecule has 0 aliphatic carbocycles. The van der Waals surface area contributed by atoms with Gasteiger partial charge in [0.15, 0.2) is 56.8 Å². The number of aromatic nitrogens is 3. The number of hydrogen-bond donors (Lipinski definition) is 0. The van der Waals surface area contributed by atoms with E-state index in [9.17, 15) is 0 Å². The molecule has 3 heterocycles. The molecule has 230 valence electrons. The lowest BCUT2D eigenvalue weighted by Gasteiger charge is -2.18. The molecule has 0 unspecified atom stereocenters. The summed E-state index contributed by atoms with van der Waals surface area (Å²) in [5.41, 5.74) is 8.34. The van der Waals surface area contributed by atoms with Crippen LogP contribution in [-0.4, -0.2) is 18.5 Å². The van der Waals surface area contributed by atoms with Gasteiger partial charge in [0.05, 0.1) is 0 Å². The molecule has 0 fully saturated rings. The van der Waals surface area contributed by atoms with Crippen molar-refractivity contribution in [3.63, 3.8) is 0 Å². The van der Waals surface area contributed by atoms with Crippen LogP contribution in [0.3, 0.4) is 0 Å². The SMILES string of the molecule is c1ccc(C[n+]2ccc(CCP(CCc3cc[n+](Cc4ccccc4)cc3)CCc3cc[n+](Cc4ccccc4)cc3)cc2)cc1. The molecule has 46 heavy (non-hydrogen) atoms. The minimum absolute atomic E-state index is 0.0944. The van der Waals surface area contributed by atoms with Crippen LogP contribution >= 0.6 is 7.92 Å². The summed E-state index contributed by atoms with van der Waals surface area (Å²) in [6, 6.07) is 46.0. The van der Waals surface area contributed by atoms with Gasteiger partial charge in [0.25, 0.3) is 0 Å². The van der Waals surface area contributed by atoms with E-state index in [-0.39, 0.29) is 7.92 Å². The summed E-state index contributed by atoms with van der Waals surface area (Å²) in [7, 11) is -0.0944. The van der Waals surface area contributed by atoms with Gasteiger partial charge in [-0.2, -0.15) is 0 Å². The third-order valence-electron chi connectivity index (χ3n) is 8.65. The van der Waals surface area contributed by atoms with E-state index in [0.29, 0.717) is 0 Å². The molecule has 0 spiro atoms. The molecular formula is C42H45N3P+3. The Morgan fingerprint density at radius 2 is 0.565 bits per heavy atom. The zero-order valence-electron chi connectivity index (χ0n) is 26.7. The largest absolute Gasteiger partial charge is 0.201 e. The van der Waals surface area contributed by atoms with Crippen LogP contribution in [0.2, 0.25) is 0 Å². The van der Waals surface area contributed by atoms with Crippen LogP contribution in [0.15, 0.2) is 165 Å². The molecule has 6 aromatic rings. The molecule has 0 amide bonds. The van der Waals surface area contributed by atoms with Gasteiger partial charge in [-0.3, -0.25) is 0 Å². The van der Waals surface area contributed by atoms with Crippen LogP contribution in [-0.2, 0) is 38.9 Å². The maximum Gasteiger partial charge on any atom is 0.173 e. The predicted octanol–water partition coefficient (Wildman–Crippen LogP) is 7.20. The van der Waals surface area contributed by atoms with E-state index < -0.39 is 0 Å². The Hall–Kier alpha value is -4.46. The third kappa shape index (κ3) is 10.0. The standard InChI is InChI=1S/C42H45N3P/c1-4-10-40(11-5-1)34-43-25-16-37(17-26-43)22-31-46(32-23-38-18-27-44(28-19-38)35-41-12-6-2-7-13-41)33-24-39-20-29-45(30-21-39)36-42-14-8-3-9-15-42/h1-21,25-30H,22-24,31-36H2/q+3. The highest BCUT2D eigenvalue weighted by Gasteiger charge is 2.13. The van der Waals surface area contributed by atoms with E-state index in [0.717, 1.165) is 38.9 Å². The third-order valence-corrected chi connectivity index (χ3v) is 11.2. The van der Waals surface area contributed by atoms with Crippen molar-refractivity contribution in [2.45, 2.75) is 38.9 Å². The average molecular weight is 623 g/mol. The molecule has 3 aromatic heterocycles. The molecule has 0 aliphatic rings. The van der Waals surface area contributed by atoms with E-state index in [4.69, 9.17) is 0 Å². The van der Waals surface area contributed by atoms with Crippen molar-refractivity contribution in [2.75, 3.05) is 18.5 Å². The molecule has 4 heteroatoms. The van der Waals surface area contributed by atoms with E-state index in [1.807, 2.05) is 0 Å². The predicted molar refractivity (Wildman–Crippen MR) is 189 cm³/mol. The van der Waals surface area contributed by atoms with Crippen molar-refractivity contribution >= 4 is 7.92 Å². The van der Waals surface area contributed by atoms with E-state index >= 15 is 0 Å². The van der Waals surface area contributed by atoms with Crippen LogP contribution in [0.1, 0.15) is 33.4 Å².